The second-order valence-electron chi connectivity index (χ2n) is 3.68. The van der Waals surface area contributed by atoms with Crippen molar-refractivity contribution in [3.63, 3.8) is 0 Å². The highest BCUT2D eigenvalue weighted by molar-refractivity contribution is 5.95. The fourth-order valence-corrected chi connectivity index (χ4v) is 1.03. The Bertz CT molecular complexity index is 382. The molecule has 0 aliphatic carbocycles. The molecule has 88 valence electrons. The molecule has 1 aromatic heterocycles. The molecule has 1 aromatic rings. The van der Waals surface area contributed by atoms with Gasteiger partial charge in [-0.25, -0.2) is 0 Å². The maximum Gasteiger partial charge on any atom is 0.197 e. The first kappa shape index (κ1) is 12.1. The highest BCUT2D eigenvalue weighted by atomic mass is 16.3. The molecule has 0 unspecified atom stereocenters. The summed E-state index contributed by atoms with van der Waals surface area (Å²) in [6.45, 7) is 2.45. The zero-order valence-corrected chi connectivity index (χ0v) is 9.72. The molecule has 0 saturated carbocycles. The third kappa shape index (κ3) is 3.30. The summed E-state index contributed by atoms with van der Waals surface area (Å²) in [5, 5.41) is 20.5. The lowest BCUT2D eigenvalue weighted by Gasteiger charge is -2.16. The van der Waals surface area contributed by atoms with Gasteiger partial charge < -0.3 is 14.6 Å². The average Bonchev–Trinajstić information content (AvgIpc) is 2.61. The molecule has 1 rings (SSSR count). The van der Waals surface area contributed by atoms with Gasteiger partial charge in [0.15, 0.2) is 11.9 Å². The van der Waals surface area contributed by atoms with Gasteiger partial charge in [-0.1, -0.05) is 0 Å². The smallest absolute Gasteiger partial charge is 0.197 e. The van der Waals surface area contributed by atoms with Crippen molar-refractivity contribution < 1.29 is 4.42 Å². The quantitative estimate of drug-likeness (QED) is 0.439. The molecular formula is C10H17N5O. The minimum Gasteiger partial charge on any atom is -0.472 e. The first-order chi connectivity index (χ1) is 7.50. The second kappa shape index (κ2) is 5.20. The predicted octanol–water partition coefficient (Wildman–Crippen LogP) is 0.698. The van der Waals surface area contributed by atoms with Crippen LogP contribution in [-0.2, 0) is 6.54 Å². The second-order valence-corrected chi connectivity index (χ2v) is 3.68. The van der Waals surface area contributed by atoms with E-state index >= 15 is 0 Å². The van der Waals surface area contributed by atoms with Crippen LogP contribution in [0.1, 0.15) is 11.1 Å². The van der Waals surface area contributed by atoms with E-state index in [0.29, 0.717) is 6.54 Å². The van der Waals surface area contributed by atoms with Gasteiger partial charge in [0.05, 0.1) is 12.5 Å². The van der Waals surface area contributed by atoms with Crippen LogP contribution in [0.25, 0.3) is 0 Å². The van der Waals surface area contributed by atoms with Crippen molar-refractivity contribution in [1.82, 2.24) is 15.5 Å². The molecule has 0 spiro atoms. The zero-order valence-electron chi connectivity index (χ0n) is 9.72. The third-order valence-corrected chi connectivity index (χ3v) is 2.11. The van der Waals surface area contributed by atoms with Gasteiger partial charge in [-0.15, -0.1) is 0 Å². The molecule has 0 bridgehead atoms. The van der Waals surface area contributed by atoms with Crippen molar-refractivity contribution in [2.45, 2.75) is 13.5 Å². The third-order valence-electron chi connectivity index (χ3n) is 2.11. The van der Waals surface area contributed by atoms with Gasteiger partial charge in [0, 0.05) is 26.2 Å². The van der Waals surface area contributed by atoms with Crippen molar-refractivity contribution >= 4 is 11.9 Å². The van der Waals surface area contributed by atoms with Crippen LogP contribution in [0, 0.1) is 17.7 Å². The molecule has 0 fully saturated rings. The van der Waals surface area contributed by atoms with Crippen molar-refractivity contribution in [2.75, 3.05) is 14.1 Å². The largest absolute Gasteiger partial charge is 0.472 e. The lowest BCUT2D eigenvalue weighted by molar-refractivity contribution is 0.561. The van der Waals surface area contributed by atoms with Crippen LogP contribution in [0.5, 0.6) is 0 Å². The molecule has 0 amide bonds. The molecule has 6 heteroatoms. The van der Waals surface area contributed by atoms with Crippen LogP contribution < -0.4 is 10.6 Å². The van der Waals surface area contributed by atoms with Gasteiger partial charge in [0.2, 0.25) is 0 Å². The van der Waals surface area contributed by atoms with Gasteiger partial charge >= 0.3 is 0 Å². The Balaban J connectivity index is 2.36. The molecule has 0 aliphatic heterocycles. The summed E-state index contributed by atoms with van der Waals surface area (Å²) in [6.07, 6.45) is 3.31. The highest BCUT2D eigenvalue weighted by Crippen LogP contribution is 2.07. The van der Waals surface area contributed by atoms with E-state index in [1.54, 1.807) is 31.5 Å². The van der Waals surface area contributed by atoms with Gasteiger partial charge in [0.25, 0.3) is 0 Å². The fraction of sp³-hybridized carbons (Fsp3) is 0.400. The number of nitrogens with zero attached hydrogens (tertiary/aromatic N) is 1. The lowest BCUT2D eigenvalue weighted by atomic mass is 10.2. The van der Waals surface area contributed by atoms with Crippen LogP contribution >= 0.6 is 0 Å². The molecule has 0 atom stereocenters. The summed E-state index contributed by atoms with van der Waals surface area (Å²) >= 11 is 0. The predicted molar refractivity (Wildman–Crippen MR) is 62.6 cm³/mol. The summed E-state index contributed by atoms with van der Waals surface area (Å²) in [4.78, 5) is 1.58. The standard InChI is InChI=1S/C10H17N5O/c1-7-5-16-6-8(7)4-13-9(11)14-10(12)15(2)3/h5-6H,4H2,1-3H3,(H4,11,12,13,14). The lowest BCUT2D eigenvalue weighted by Crippen LogP contribution is -2.45. The molecule has 1 heterocycles. The number of furan rings is 1. The maximum atomic E-state index is 7.56. The average molecular weight is 223 g/mol. The van der Waals surface area contributed by atoms with Crippen LogP contribution in [0.2, 0.25) is 0 Å². The van der Waals surface area contributed by atoms with Crippen LogP contribution in [0.4, 0.5) is 0 Å². The van der Waals surface area contributed by atoms with Crippen molar-refractivity contribution in [3.05, 3.63) is 23.7 Å². The maximum absolute atomic E-state index is 7.56. The monoisotopic (exact) mass is 223 g/mol. The van der Waals surface area contributed by atoms with E-state index in [9.17, 15) is 0 Å². The number of nitrogens with one attached hydrogen (secondary N) is 4. The van der Waals surface area contributed by atoms with Crippen LogP contribution in [-0.4, -0.2) is 30.9 Å². The van der Waals surface area contributed by atoms with E-state index in [4.69, 9.17) is 15.2 Å². The first-order valence-corrected chi connectivity index (χ1v) is 4.87. The zero-order chi connectivity index (χ0) is 12.1. The number of hydrogen-bond donors (Lipinski definition) is 4. The van der Waals surface area contributed by atoms with Crippen molar-refractivity contribution in [3.8, 4) is 0 Å². The summed E-state index contributed by atoms with van der Waals surface area (Å²) in [6, 6.07) is 0. The fourth-order valence-electron chi connectivity index (χ4n) is 1.03. The van der Waals surface area contributed by atoms with E-state index in [-0.39, 0.29) is 11.9 Å². The summed E-state index contributed by atoms with van der Waals surface area (Å²) in [7, 11) is 3.48. The SMILES string of the molecule is Cc1cocc1CNC(=N)NC(=N)N(C)C. The van der Waals surface area contributed by atoms with Gasteiger partial charge in [-0.2, -0.15) is 0 Å². The van der Waals surface area contributed by atoms with E-state index in [0.717, 1.165) is 11.1 Å². The van der Waals surface area contributed by atoms with Crippen LogP contribution in [0.15, 0.2) is 16.9 Å². The normalized spacial score (nSPS) is 9.69. The minimum absolute atomic E-state index is 0.0966. The number of aryl methyl sites for hydroxylation is 1. The van der Waals surface area contributed by atoms with Gasteiger partial charge in [0.1, 0.15) is 0 Å². The van der Waals surface area contributed by atoms with Crippen molar-refractivity contribution in [2.24, 2.45) is 0 Å². The van der Waals surface area contributed by atoms with Gasteiger partial charge in [-0.3, -0.25) is 16.1 Å². The molecule has 0 aromatic carbocycles. The molecule has 0 aliphatic rings. The molecule has 4 N–H and O–H groups in total. The molecular weight excluding hydrogens is 206 g/mol. The van der Waals surface area contributed by atoms with E-state index in [2.05, 4.69) is 10.6 Å². The van der Waals surface area contributed by atoms with Crippen molar-refractivity contribution in [1.29, 1.82) is 10.8 Å². The Kier molecular flexibility index (Phi) is 3.93. The Hall–Kier alpha value is -1.98. The van der Waals surface area contributed by atoms with E-state index in [1.807, 2.05) is 6.92 Å². The highest BCUT2D eigenvalue weighted by Gasteiger charge is 2.04. The topological polar surface area (TPSA) is 88.1 Å². The van der Waals surface area contributed by atoms with Crippen LogP contribution in [0.3, 0.4) is 0 Å². The molecule has 16 heavy (non-hydrogen) atoms. The Morgan fingerprint density at radius 3 is 2.56 bits per heavy atom. The minimum atomic E-state index is 0.0966. The summed E-state index contributed by atoms with van der Waals surface area (Å²) in [5.74, 6) is 0.265. The number of guanidine groups is 2. The molecule has 0 saturated heterocycles. The Morgan fingerprint density at radius 2 is 2.06 bits per heavy atom. The summed E-state index contributed by atoms with van der Waals surface area (Å²) in [5.41, 5.74) is 2.05. The Labute approximate surface area is 94.6 Å². The van der Waals surface area contributed by atoms with Gasteiger partial charge in [-0.05, 0) is 12.5 Å². The molecule has 6 nitrogen and oxygen atoms in total. The number of hydrogen-bond acceptors (Lipinski definition) is 3. The van der Waals surface area contributed by atoms with E-state index < -0.39 is 0 Å². The Morgan fingerprint density at radius 1 is 1.38 bits per heavy atom. The van der Waals surface area contributed by atoms with E-state index in [1.165, 1.54) is 0 Å². The summed E-state index contributed by atoms with van der Waals surface area (Å²) < 4.78 is 5.02. The first-order valence-electron chi connectivity index (χ1n) is 4.87. The number of rotatable bonds is 2. The molecule has 0 radical (unpaired) electrons.